The summed E-state index contributed by atoms with van der Waals surface area (Å²) in [6, 6.07) is 9.05. The first kappa shape index (κ1) is 18.8. The van der Waals surface area contributed by atoms with Gasteiger partial charge in [0.15, 0.2) is 0 Å². The maximum Gasteiger partial charge on any atom is 0.340 e. The number of hydrogen-bond acceptors (Lipinski definition) is 6. The topological polar surface area (TPSA) is 69.0 Å². The van der Waals surface area contributed by atoms with E-state index in [0.29, 0.717) is 0 Å². The summed E-state index contributed by atoms with van der Waals surface area (Å²) in [6.07, 6.45) is 2.65. The summed E-state index contributed by atoms with van der Waals surface area (Å²) < 4.78 is 36.8. The molecule has 0 aliphatic carbocycles. The van der Waals surface area contributed by atoms with Gasteiger partial charge in [0.25, 0.3) is 0 Å². The van der Waals surface area contributed by atoms with Crippen molar-refractivity contribution >= 4 is 23.6 Å². The second-order valence-corrected chi connectivity index (χ2v) is 6.39. The van der Waals surface area contributed by atoms with Crippen LogP contribution in [0.15, 0.2) is 47.5 Å². The molecule has 27 heavy (non-hydrogen) atoms. The minimum atomic E-state index is -0.930. The number of nitrogens with one attached hydrogen (secondary N) is 1. The molecule has 0 saturated carbocycles. The standard InChI is InChI=1S/C18H16F2N4O2S/c1-3-11-10-24(23-21-11)12-4-6-13(7-5-12)27-22-17-9-15(19)14(8-16(17)20)18(25)26-2/h4-10,22H,3H2,1-2H3. The van der Waals surface area contributed by atoms with E-state index in [1.165, 1.54) is 0 Å². The fourth-order valence-electron chi connectivity index (χ4n) is 2.26. The van der Waals surface area contributed by atoms with E-state index in [-0.39, 0.29) is 5.69 Å². The third kappa shape index (κ3) is 4.25. The number of aromatic nitrogens is 3. The Hall–Kier alpha value is -2.94. The number of esters is 1. The molecular weight excluding hydrogens is 374 g/mol. The highest BCUT2D eigenvalue weighted by molar-refractivity contribution is 8.00. The molecule has 1 aromatic heterocycles. The van der Waals surface area contributed by atoms with Gasteiger partial charge in [0.1, 0.15) is 11.6 Å². The maximum atomic E-state index is 14.1. The van der Waals surface area contributed by atoms with Gasteiger partial charge in [0.2, 0.25) is 0 Å². The zero-order valence-corrected chi connectivity index (χ0v) is 15.4. The number of anilines is 1. The lowest BCUT2D eigenvalue weighted by molar-refractivity contribution is 0.0595. The zero-order valence-electron chi connectivity index (χ0n) is 14.6. The van der Waals surface area contributed by atoms with Gasteiger partial charge in [-0.15, -0.1) is 5.10 Å². The summed E-state index contributed by atoms with van der Waals surface area (Å²) in [4.78, 5) is 12.2. The van der Waals surface area contributed by atoms with Crippen molar-refractivity contribution in [2.45, 2.75) is 18.2 Å². The van der Waals surface area contributed by atoms with Gasteiger partial charge in [-0.05, 0) is 48.7 Å². The lowest BCUT2D eigenvalue weighted by Gasteiger charge is -2.09. The summed E-state index contributed by atoms with van der Waals surface area (Å²) >= 11 is 1.11. The summed E-state index contributed by atoms with van der Waals surface area (Å²) in [5.41, 5.74) is 1.21. The first-order valence-electron chi connectivity index (χ1n) is 8.03. The van der Waals surface area contributed by atoms with Crippen LogP contribution in [0.5, 0.6) is 0 Å². The molecule has 0 spiro atoms. The van der Waals surface area contributed by atoms with Crippen molar-refractivity contribution in [2.75, 3.05) is 11.8 Å². The number of methoxy groups -OCH3 is 1. The van der Waals surface area contributed by atoms with E-state index in [2.05, 4.69) is 19.8 Å². The number of benzene rings is 2. The number of aryl methyl sites for hydroxylation is 1. The number of carbonyl (C=O) groups is 1. The van der Waals surface area contributed by atoms with Crippen LogP contribution in [0.4, 0.5) is 14.5 Å². The number of carbonyl (C=O) groups excluding carboxylic acids is 1. The highest BCUT2D eigenvalue weighted by Gasteiger charge is 2.16. The normalized spacial score (nSPS) is 10.7. The van der Waals surface area contributed by atoms with Crippen molar-refractivity contribution in [2.24, 2.45) is 0 Å². The lowest BCUT2D eigenvalue weighted by atomic mass is 10.2. The lowest BCUT2D eigenvalue weighted by Crippen LogP contribution is -2.06. The number of hydrogen-bond donors (Lipinski definition) is 1. The van der Waals surface area contributed by atoms with Crippen LogP contribution in [0, 0.1) is 11.6 Å². The van der Waals surface area contributed by atoms with E-state index in [1.54, 1.807) is 4.68 Å². The first-order valence-corrected chi connectivity index (χ1v) is 8.85. The van der Waals surface area contributed by atoms with E-state index in [4.69, 9.17) is 0 Å². The molecule has 3 aromatic rings. The molecule has 0 saturated heterocycles. The first-order chi connectivity index (χ1) is 13.0. The summed E-state index contributed by atoms with van der Waals surface area (Å²) in [5, 5.41) is 8.08. The van der Waals surface area contributed by atoms with Crippen LogP contribution in [0.2, 0.25) is 0 Å². The van der Waals surface area contributed by atoms with E-state index < -0.39 is 23.2 Å². The Kier molecular flexibility index (Phi) is 5.70. The molecule has 0 fully saturated rings. The molecule has 0 radical (unpaired) electrons. The van der Waals surface area contributed by atoms with Gasteiger partial charge in [-0.3, -0.25) is 0 Å². The van der Waals surface area contributed by atoms with Gasteiger partial charge in [0, 0.05) is 11.0 Å². The van der Waals surface area contributed by atoms with Crippen molar-refractivity contribution in [3.63, 3.8) is 0 Å². The molecule has 1 heterocycles. The molecule has 0 unspecified atom stereocenters. The van der Waals surface area contributed by atoms with Gasteiger partial charge in [-0.1, -0.05) is 12.1 Å². The molecule has 140 valence electrons. The van der Waals surface area contributed by atoms with Crippen LogP contribution in [0.1, 0.15) is 23.0 Å². The van der Waals surface area contributed by atoms with E-state index in [1.807, 2.05) is 37.4 Å². The van der Waals surface area contributed by atoms with Gasteiger partial charge in [-0.2, -0.15) is 0 Å². The van der Waals surface area contributed by atoms with Gasteiger partial charge in [-0.25, -0.2) is 18.3 Å². The van der Waals surface area contributed by atoms with Crippen molar-refractivity contribution in [1.29, 1.82) is 0 Å². The van der Waals surface area contributed by atoms with Gasteiger partial charge >= 0.3 is 5.97 Å². The molecule has 9 heteroatoms. The predicted molar refractivity (Wildman–Crippen MR) is 97.9 cm³/mol. The Labute approximate surface area is 158 Å². The van der Waals surface area contributed by atoms with Crippen LogP contribution in [0.3, 0.4) is 0 Å². The average molecular weight is 390 g/mol. The van der Waals surface area contributed by atoms with Crippen LogP contribution in [-0.4, -0.2) is 28.1 Å². The molecule has 0 aliphatic rings. The third-order valence-electron chi connectivity index (χ3n) is 3.75. The Bertz CT molecular complexity index is 960. The molecule has 0 amide bonds. The average Bonchev–Trinajstić information content (AvgIpc) is 3.17. The molecule has 0 atom stereocenters. The second kappa shape index (κ2) is 8.17. The Morgan fingerprint density at radius 2 is 1.96 bits per heavy atom. The highest BCUT2D eigenvalue weighted by atomic mass is 32.2. The number of nitrogens with zero attached hydrogens (tertiary/aromatic N) is 3. The molecule has 3 rings (SSSR count). The molecular formula is C18H16F2N4O2S. The van der Waals surface area contributed by atoms with E-state index in [0.717, 1.165) is 53.9 Å². The van der Waals surface area contributed by atoms with Crippen molar-refractivity contribution in [1.82, 2.24) is 15.0 Å². The number of rotatable bonds is 6. The van der Waals surface area contributed by atoms with Crippen LogP contribution < -0.4 is 4.72 Å². The third-order valence-corrected chi connectivity index (χ3v) is 4.58. The summed E-state index contributed by atoms with van der Waals surface area (Å²) in [6.45, 7) is 2.00. The monoisotopic (exact) mass is 390 g/mol. The SMILES string of the molecule is CCc1cn(-c2ccc(SNc3cc(F)c(C(=O)OC)cc3F)cc2)nn1. The second-order valence-electron chi connectivity index (χ2n) is 5.51. The quantitative estimate of drug-likeness (QED) is 0.507. The molecule has 0 aliphatic heterocycles. The maximum absolute atomic E-state index is 14.1. The molecule has 2 aromatic carbocycles. The van der Waals surface area contributed by atoms with Crippen molar-refractivity contribution in [3.8, 4) is 5.69 Å². The van der Waals surface area contributed by atoms with Crippen LogP contribution in [0.25, 0.3) is 5.69 Å². The highest BCUT2D eigenvalue weighted by Crippen LogP contribution is 2.26. The van der Waals surface area contributed by atoms with Crippen molar-refractivity contribution < 1.29 is 18.3 Å². The van der Waals surface area contributed by atoms with Crippen LogP contribution in [-0.2, 0) is 11.2 Å². The van der Waals surface area contributed by atoms with Gasteiger partial charge < -0.3 is 9.46 Å². The summed E-state index contributed by atoms with van der Waals surface area (Å²) in [5.74, 6) is -2.55. The zero-order chi connectivity index (χ0) is 19.4. The molecule has 6 nitrogen and oxygen atoms in total. The van der Waals surface area contributed by atoms with Crippen LogP contribution >= 0.6 is 11.9 Å². The summed E-state index contributed by atoms with van der Waals surface area (Å²) in [7, 11) is 1.10. The fourth-order valence-corrected chi connectivity index (χ4v) is 2.92. The van der Waals surface area contributed by atoms with Gasteiger partial charge in [0.05, 0.1) is 35.9 Å². The molecule has 0 bridgehead atoms. The molecule has 1 N–H and O–H groups in total. The Balaban J connectivity index is 1.70. The Morgan fingerprint density at radius 1 is 1.22 bits per heavy atom. The van der Waals surface area contributed by atoms with Crippen molar-refractivity contribution in [3.05, 3.63) is 65.5 Å². The Morgan fingerprint density at radius 3 is 2.59 bits per heavy atom. The predicted octanol–water partition coefficient (Wildman–Crippen LogP) is 4.01. The minimum absolute atomic E-state index is 0.0712. The van der Waals surface area contributed by atoms with E-state index in [9.17, 15) is 13.6 Å². The number of halogens is 2. The van der Waals surface area contributed by atoms with E-state index >= 15 is 0 Å². The smallest absolute Gasteiger partial charge is 0.340 e. The minimum Gasteiger partial charge on any atom is -0.465 e. The number of ether oxygens (including phenoxy) is 1. The largest absolute Gasteiger partial charge is 0.465 e. The fraction of sp³-hybridized carbons (Fsp3) is 0.167.